The van der Waals surface area contributed by atoms with Crippen LogP contribution in [0.2, 0.25) is 0 Å². The predicted molar refractivity (Wildman–Crippen MR) is 121 cm³/mol. The second-order valence-corrected chi connectivity index (χ2v) is 11.8. The summed E-state index contributed by atoms with van der Waals surface area (Å²) < 4.78 is 26.6. The lowest BCUT2D eigenvalue weighted by Crippen LogP contribution is -2.19. The van der Waals surface area contributed by atoms with Crippen molar-refractivity contribution in [1.82, 2.24) is 0 Å². The zero-order valence-electron chi connectivity index (χ0n) is 18.9. The number of rotatable bonds is 8. The highest BCUT2D eigenvalue weighted by Crippen LogP contribution is 2.45. The molecule has 1 heterocycles. The predicted octanol–water partition coefficient (Wildman–Crippen LogP) is 4.60. The smallest absolute Gasteiger partial charge is 0.199 e. The van der Waals surface area contributed by atoms with Crippen molar-refractivity contribution in [1.29, 1.82) is 10.0 Å². The number of benzene rings is 1. The first-order valence-electron chi connectivity index (χ1n) is 11.2. The van der Waals surface area contributed by atoms with Crippen LogP contribution in [0.1, 0.15) is 79.3 Å². The van der Waals surface area contributed by atoms with Gasteiger partial charge in [0.2, 0.25) is 0 Å². The van der Waals surface area contributed by atoms with E-state index in [1.54, 1.807) is 13.8 Å². The van der Waals surface area contributed by atoms with Gasteiger partial charge in [0, 0.05) is 18.1 Å². The van der Waals surface area contributed by atoms with Crippen molar-refractivity contribution in [2.75, 3.05) is 5.75 Å². The summed E-state index contributed by atoms with van der Waals surface area (Å²) in [5.41, 5.74) is 4.16. The van der Waals surface area contributed by atoms with Gasteiger partial charge in [-0.2, -0.15) is 5.26 Å². The number of ketones is 1. The second kappa shape index (κ2) is 8.17. The Morgan fingerprint density at radius 1 is 1.34 bits per heavy atom. The van der Waals surface area contributed by atoms with Crippen LogP contribution in [0.15, 0.2) is 27.9 Å². The minimum absolute atomic E-state index is 0.0837. The Bertz CT molecular complexity index is 1210. The second-order valence-electron chi connectivity index (χ2n) is 9.79. The van der Waals surface area contributed by atoms with Gasteiger partial charge in [0.15, 0.2) is 10.9 Å². The third kappa shape index (κ3) is 4.39. The first-order chi connectivity index (χ1) is 15.0. The molecule has 2 aromatic rings. The number of hydrogen-bond donors (Lipinski definition) is 2. The fourth-order valence-electron chi connectivity index (χ4n) is 4.80. The van der Waals surface area contributed by atoms with Crippen molar-refractivity contribution in [2.24, 2.45) is 5.92 Å². The summed E-state index contributed by atoms with van der Waals surface area (Å²) in [4.78, 5) is 13.1. The zero-order chi connectivity index (χ0) is 23.3. The molecule has 0 radical (unpaired) electrons. The molecule has 0 bridgehead atoms. The van der Waals surface area contributed by atoms with E-state index >= 15 is 0 Å². The number of hydrogen-bond acceptors (Lipinski definition) is 6. The Morgan fingerprint density at radius 2 is 2.03 bits per heavy atom. The molecule has 170 valence electrons. The summed E-state index contributed by atoms with van der Waals surface area (Å²) in [5, 5.41) is 19.7. The Labute approximate surface area is 189 Å². The molecule has 0 spiro atoms. The van der Waals surface area contributed by atoms with Crippen LogP contribution in [0.3, 0.4) is 0 Å². The molecule has 7 heteroatoms. The average Bonchev–Trinajstić information content (AvgIpc) is 3.21. The van der Waals surface area contributed by atoms with Gasteiger partial charge in [-0.05, 0) is 86.1 Å². The minimum atomic E-state index is -3.46. The van der Waals surface area contributed by atoms with E-state index in [1.165, 1.54) is 12.3 Å². The monoisotopic (exact) mass is 454 g/mol. The largest absolute Gasteiger partial charge is 0.454 e. The van der Waals surface area contributed by atoms with Crippen LogP contribution in [-0.2, 0) is 39.4 Å². The van der Waals surface area contributed by atoms with Crippen LogP contribution in [0.25, 0.3) is 0 Å². The third-order valence-electron chi connectivity index (χ3n) is 6.84. The molecule has 0 aliphatic heterocycles. The summed E-state index contributed by atoms with van der Waals surface area (Å²) in [6.07, 6.45) is 6.40. The number of carbonyl (C=O) groups excluding carboxylic acids is 1. The van der Waals surface area contributed by atoms with Crippen molar-refractivity contribution in [2.45, 2.75) is 75.9 Å². The summed E-state index contributed by atoms with van der Waals surface area (Å²) in [6, 6.07) is 5.72. The van der Waals surface area contributed by atoms with E-state index in [0.29, 0.717) is 11.5 Å². The van der Waals surface area contributed by atoms with E-state index in [1.807, 2.05) is 6.07 Å². The van der Waals surface area contributed by atoms with Gasteiger partial charge in [-0.25, -0.2) is 8.99 Å². The molecule has 0 unspecified atom stereocenters. The Morgan fingerprint density at radius 3 is 2.62 bits per heavy atom. The molecule has 1 fully saturated rings. The van der Waals surface area contributed by atoms with Gasteiger partial charge in [0.25, 0.3) is 0 Å². The van der Waals surface area contributed by atoms with Crippen molar-refractivity contribution >= 4 is 15.5 Å². The number of aliphatic hydroxyl groups is 1. The topological polar surface area (TPSA) is 115 Å². The number of furan rings is 1. The maximum Gasteiger partial charge on any atom is 0.199 e. The molecule has 6 nitrogen and oxygen atoms in total. The van der Waals surface area contributed by atoms with Gasteiger partial charge in [-0.3, -0.25) is 4.79 Å². The molecule has 2 N–H and O–H groups in total. The first kappa shape index (κ1) is 22.8. The average molecular weight is 455 g/mol. The fourth-order valence-corrected chi connectivity index (χ4v) is 6.02. The van der Waals surface area contributed by atoms with E-state index in [4.69, 9.17) is 9.20 Å². The number of Topliss-reactive ketones (excluding diaryl/α,β-unsaturated/α-hetero) is 1. The molecule has 0 amide bonds. The zero-order valence-corrected chi connectivity index (χ0v) is 19.7. The summed E-state index contributed by atoms with van der Waals surface area (Å²) in [5.74, 6) is 0.154. The number of carbonyl (C=O) groups is 1. The molecule has 2 aliphatic rings. The van der Waals surface area contributed by atoms with Crippen molar-refractivity contribution in [3.63, 3.8) is 0 Å². The highest BCUT2D eigenvalue weighted by Gasteiger charge is 2.33. The number of nitriles is 1. The molecule has 2 aliphatic carbocycles. The van der Waals surface area contributed by atoms with Crippen LogP contribution < -0.4 is 0 Å². The van der Waals surface area contributed by atoms with Gasteiger partial charge in [0.1, 0.15) is 9.73 Å². The molecule has 1 aromatic heterocycles. The molecule has 1 aromatic carbocycles. The Hall–Kier alpha value is -2.43. The molecule has 4 rings (SSSR count). The lowest BCUT2D eigenvalue weighted by molar-refractivity contribution is -0.116. The van der Waals surface area contributed by atoms with E-state index in [2.05, 4.69) is 13.0 Å². The van der Waals surface area contributed by atoms with Gasteiger partial charge in [0.05, 0.1) is 29.2 Å². The summed E-state index contributed by atoms with van der Waals surface area (Å²) in [7, 11) is -3.46. The molecule has 1 saturated carbocycles. The molecule has 32 heavy (non-hydrogen) atoms. The number of nitrogens with zero attached hydrogens (tertiary/aromatic N) is 1. The van der Waals surface area contributed by atoms with Gasteiger partial charge in [-0.1, -0.05) is 6.92 Å². The Kier molecular flexibility index (Phi) is 5.81. The normalized spacial score (nSPS) is 18.6. The van der Waals surface area contributed by atoms with E-state index in [-0.39, 0.29) is 23.2 Å². The van der Waals surface area contributed by atoms with E-state index in [0.717, 1.165) is 59.9 Å². The molecular formula is C25H30N2O4S. The van der Waals surface area contributed by atoms with Crippen molar-refractivity contribution in [3.8, 4) is 6.07 Å². The maximum absolute atomic E-state index is 13.1. The molecular weight excluding hydrogens is 424 g/mol. The Balaban J connectivity index is 1.62. The van der Waals surface area contributed by atoms with E-state index < -0.39 is 21.1 Å². The van der Waals surface area contributed by atoms with Crippen LogP contribution >= 0.6 is 0 Å². The molecule has 2 atom stereocenters. The highest BCUT2D eigenvalue weighted by molar-refractivity contribution is 7.93. The van der Waals surface area contributed by atoms with Crippen molar-refractivity contribution < 1.29 is 18.5 Å². The fraction of sp³-hybridized carbons (Fsp3) is 0.520. The number of nitrogens with one attached hydrogen (secondary N) is 1. The van der Waals surface area contributed by atoms with Gasteiger partial charge in [-0.15, -0.1) is 0 Å². The van der Waals surface area contributed by atoms with Crippen LogP contribution in [0.5, 0.6) is 0 Å². The number of fused-ring (bicyclic) bond motifs is 1. The van der Waals surface area contributed by atoms with Crippen LogP contribution in [0.4, 0.5) is 0 Å². The minimum Gasteiger partial charge on any atom is -0.454 e. The summed E-state index contributed by atoms with van der Waals surface area (Å²) >= 11 is 0. The quantitative estimate of drug-likeness (QED) is 0.605. The lowest BCUT2D eigenvalue weighted by atomic mass is 9.84. The van der Waals surface area contributed by atoms with Crippen LogP contribution in [0, 0.1) is 22.0 Å². The highest BCUT2D eigenvalue weighted by atomic mass is 32.2. The third-order valence-corrected chi connectivity index (χ3v) is 8.43. The van der Waals surface area contributed by atoms with E-state index in [9.17, 15) is 19.4 Å². The maximum atomic E-state index is 13.1. The summed E-state index contributed by atoms with van der Waals surface area (Å²) in [6.45, 7) is 5.32. The standard InChI is InChI=1S/C25H30N2O4S/c1-15(16-7-8-16)22-9-17(12-26)20-5-4-6-21(20)23(22)11-19(28)14-32(27,30)24-10-18(13-31-24)25(2,3)29/h9-10,13,15-16,27,29H,4-8,11,14H2,1-3H3/t15-,32+/m1/s1. The first-order valence-corrected chi connectivity index (χ1v) is 12.9. The van der Waals surface area contributed by atoms with Gasteiger partial charge < -0.3 is 9.52 Å². The lowest BCUT2D eigenvalue weighted by Gasteiger charge is -2.21. The molecule has 0 saturated heterocycles. The van der Waals surface area contributed by atoms with Gasteiger partial charge >= 0.3 is 0 Å². The van der Waals surface area contributed by atoms with Crippen LogP contribution in [-0.4, -0.2) is 20.9 Å². The van der Waals surface area contributed by atoms with Crippen molar-refractivity contribution in [3.05, 3.63) is 51.8 Å². The SMILES string of the molecule is C[C@@H](c1cc(C#N)c2c(c1CC(=O)C[S@](=N)(=O)c1cc(C(C)(C)O)co1)CCC2)C1CC1.